The number of likely N-dealkylation sites (tertiary alicyclic amines) is 2. The highest BCUT2D eigenvalue weighted by molar-refractivity contribution is 5.21. The van der Waals surface area contributed by atoms with Gasteiger partial charge in [0.05, 0.1) is 6.54 Å². The first-order valence-corrected chi connectivity index (χ1v) is 10.0. The zero-order chi connectivity index (χ0) is 17.8. The van der Waals surface area contributed by atoms with Crippen LogP contribution in [0.2, 0.25) is 0 Å². The maximum Gasteiger partial charge on any atom is 0.142 e. The summed E-state index contributed by atoms with van der Waals surface area (Å²) in [7, 11) is 0. The highest BCUT2D eigenvalue weighted by Gasteiger charge is 2.41. The molecule has 1 spiro atoms. The topological polar surface area (TPSA) is 32.3 Å². The first kappa shape index (κ1) is 17.6. The lowest BCUT2D eigenvalue weighted by atomic mass is 9.68. The van der Waals surface area contributed by atoms with Crippen LogP contribution in [0.25, 0.3) is 0 Å². The third kappa shape index (κ3) is 3.97. The van der Waals surface area contributed by atoms with Crippen LogP contribution in [-0.2, 0) is 6.54 Å². The molecule has 1 aromatic heterocycles. The van der Waals surface area contributed by atoms with Gasteiger partial charge in [-0.3, -0.25) is 4.90 Å². The Morgan fingerprint density at radius 3 is 2.42 bits per heavy atom. The molecule has 2 aromatic rings. The van der Waals surface area contributed by atoms with Crippen LogP contribution in [0, 0.1) is 5.41 Å². The number of likely N-dealkylation sites (N-methyl/N-ethyl adjacent to an activating group) is 1. The Labute approximate surface area is 157 Å². The highest BCUT2D eigenvalue weighted by Crippen LogP contribution is 2.45. The van der Waals surface area contributed by atoms with Crippen molar-refractivity contribution in [1.29, 1.82) is 0 Å². The van der Waals surface area contributed by atoms with E-state index in [1.807, 2.05) is 18.5 Å². The molecule has 138 valence electrons. The molecular formula is C22H30N4. The second kappa shape index (κ2) is 7.85. The van der Waals surface area contributed by atoms with Gasteiger partial charge in [0.2, 0.25) is 0 Å². The summed E-state index contributed by atoms with van der Waals surface area (Å²) in [5.74, 6) is 1.62. The molecule has 26 heavy (non-hydrogen) atoms. The van der Waals surface area contributed by atoms with Gasteiger partial charge < -0.3 is 4.90 Å². The Morgan fingerprint density at radius 2 is 1.73 bits per heavy atom. The highest BCUT2D eigenvalue weighted by atomic mass is 15.2. The molecule has 1 aromatic carbocycles. The summed E-state index contributed by atoms with van der Waals surface area (Å²) in [5, 5.41) is 0. The van der Waals surface area contributed by atoms with Crippen LogP contribution < -0.4 is 0 Å². The number of rotatable bonds is 4. The van der Waals surface area contributed by atoms with Gasteiger partial charge >= 0.3 is 0 Å². The minimum Gasteiger partial charge on any atom is -0.302 e. The van der Waals surface area contributed by atoms with Crippen LogP contribution in [0.4, 0.5) is 0 Å². The average molecular weight is 351 g/mol. The van der Waals surface area contributed by atoms with Crippen LogP contribution >= 0.6 is 0 Å². The second-order valence-corrected chi connectivity index (χ2v) is 8.08. The Kier molecular flexibility index (Phi) is 5.32. The van der Waals surface area contributed by atoms with Gasteiger partial charge in [0.15, 0.2) is 0 Å². The lowest BCUT2D eigenvalue weighted by Gasteiger charge is -2.50. The largest absolute Gasteiger partial charge is 0.302 e. The van der Waals surface area contributed by atoms with Crippen LogP contribution in [0.5, 0.6) is 0 Å². The van der Waals surface area contributed by atoms with E-state index < -0.39 is 0 Å². The summed E-state index contributed by atoms with van der Waals surface area (Å²) in [6, 6.07) is 13.0. The fourth-order valence-electron chi connectivity index (χ4n) is 4.85. The Balaban J connectivity index is 1.43. The van der Waals surface area contributed by atoms with E-state index in [1.54, 1.807) is 0 Å². The molecule has 0 amide bonds. The SMILES string of the molecule is CCN1C[C@H](c2ccccc2)CC2(CCN(Cc3ncccn3)CC2)C1. The van der Waals surface area contributed by atoms with E-state index in [0.717, 1.165) is 32.0 Å². The van der Waals surface area contributed by atoms with Crippen LogP contribution in [-0.4, -0.2) is 52.5 Å². The van der Waals surface area contributed by atoms with Crippen molar-refractivity contribution in [3.8, 4) is 0 Å². The summed E-state index contributed by atoms with van der Waals surface area (Å²) in [4.78, 5) is 14.0. The summed E-state index contributed by atoms with van der Waals surface area (Å²) >= 11 is 0. The Hall–Kier alpha value is -1.78. The van der Waals surface area contributed by atoms with E-state index in [1.165, 1.54) is 37.9 Å². The van der Waals surface area contributed by atoms with Crippen LogP contribution in [0.3, 0.4) is 0 Å². The number of aromatic nitrogens is 2. The Morgan fingerprint density at radius 1 is 1.00 bits per heavy atom. The fraction of sp³-hybridized carbons (Fsp3) is 0.545. The standard InChI is InChI=1S/C22H30N4/c1-2-25-16-20(19-7-4-3-5-8-19)15-22(18-25)9-13-26(14-10-22)17-21-23-11-6-12-24-21/h3-8,11-12,20H,2,9-10,13-18H2,1H3/t20-/m1/s1. The molecule has 2 saturated heterocycles. The Bertz CT molecular complexity index is 680. The number of benzene rings is 1. The van der Waals surface area contributed by atoms with Gasteiger partial charge in [-0.15, -0.1) is 0 Å². The first-order valence-electron chi connectivity index (χ1n) is 10.0. The smallest absolute Gasteiger partial charge is 0.142 e. The molecule has 0 aliphatic carbocycles. The van der Waals surface area contributed by atoms with Crippen molar-refractivity contribution in [3.63, 3.8) is 0 Å². The quantitative estimate of drug-likeness (QED) is 0.844. The monoisotopic (exact) mass is 350 g/mol. The number of piperidine rings is 2. The summed E-state index contributed by atoms with van der Waals surface area (Å²) in [6.45, 7) is 9.16. The molecule has 0 N–H and O–H groups in total. The third-order valence-corrected chi connectivity index (χ3v) is 6.34. The van der Waals surface area contributed by atoms with Gasteiger partial charge in [-0.05, 0) is 61.9 Å². The second-order valence-electron chi connectivity index (χ2n) is 8.08. The van der Waals surface area contributed by atoms with E-state index in [2.05, 4.69) is 57.0 Å². The molecule has 4 nitrogen and oxygen atoms in total. The predicted molar refractivity (Wildman–Crippen MR) is 105 cm³/mol. The number of hydrogen-bond acceptors (Lipinski definition) is 4. The minimum atomic E-state index is 0.475. The van der Waals surface area contributed by atoms with Gasteiger partial charge in [-0.2, -0.15) is 0 Å². The molecule has 1 atom stereocenters. The van der Waals surface area contributed by atoms with Crippen molar-refractivity contribution < 1.29 is 0 Å². The number of hydrogen-bond donors (Lipinski definition) is 0. The van der Waals surface area contributed by atoms with Crippen molar-refractivity contribution >= 4 is 0 Å². The maximum atomic E-state index is 4.39. The van der Waals surface area contributed by atoms with Crippen molar-refractivity contribution in [2.75, 3.05) is 32.7 Å². The molecule has 4 rings (SSSR count). The van der Waals surface area contributed by atoms with Crippen LogP contribution in [0.15, 0.2) is 48.8 Å². The normalized spacial score (nSPS) is 24.0. The van der Waals surface area contributed by atoms with Crippen LogP contribution in [0.1, 0.15) is 43.5 Å². The third-order valence-electron chi connectivity index (χ3n) is 6.34. The van der Waals surface area contributed by atoms with Crippen molar-refractivity contribution in [2.24, 2.45) is 5.41 Å². The molecule has 3 heterocycles. The van der Waals surface area contributed by atoms with E-state index in [0.29, 0.717) is 11.3 Å². The zero-order valence-electron chi connectivity index (χ0n) is 15.8. The summed E-state index contributed by atoms with van der Waals surface area (Å²) in [6.07, 6.45) is 7.61. The molecule has 0 saturated carbocycles. The minimum absolute atomic E-state index is 0.475. The number of nitrogens with zero attached hydrogens (tertiary/aromatic N) is 4. The fourth-order valence-corrected chi connectivity index (χ4v) is 4.85. The molecule has 0 unspecified atom stereocenters. The van der Waals surface area contributed by atoms with E-state index in [4.69, 9.17) is 0 Å². The van der Waals surface area contributed by atoms with Crippen molar-refractivity contribution in [1.82, 2.24) is 19.8 Å². The molecule has 2 fully saturated rings. The zero-order valence-corrected chi connectivity index (χ0v) is 15.8. The molecule has 2 aliphatic heterocycles. The summed E-state index contributed by atoms with van der Waals surface area (Å²) < 4.78 is 0. The lowest BCUT2D eigenvalue weighted by molar-refractivity contribution is 0.0131. The average Bonchev–Trinajstić information content (AvgIpc) is 2.71. The van der Waals surface area contributed by atoms with Gasteiger partial charge in [0, 0.05) is 25.5 Å². The molecule has 0 radical (unpaired) electrons. The van der Waals surface area contributed by atoms with Gasteiger partial charge in [0.25, 0.3) is 0 Å². The molecule has 2 aliphatic rings. The van der Waals surface area contributed by atoms with Gasteiger partial charge in [-0.25, -0.2) is 9.97 Å². The van der Waals surface area contributed by atoms with Crippen molar-refractivity contribution in [3.05, 3.63) is 60.2 Å². The van der Waals surface area contributed by atoms with Crippen molar-refractivity contribution in [2.45, 2.75) is 38.6 Å². The first-order chi connectivity index (χ1) is 12.8. The predicted octanol–water partition coefficient (Wildman–Crippen LogP) is 3.57. The maximum absolute atomic E-state index is 4.39. The lowest BCUT2D eigenvalue weighted by Crippen LogP contribution is -2.51. The van der Waals surface area contributed by atoms with Gasteiger partial charge in [0.1, 0.15) is 5.82 Å². The molecule has 0 bridgehead atoms. The van der Waals surface area contributed by atoms with Gasteiger partial charge in [-0.1, -0.05) is 37.3 Å². The summed E-state index contributed by atoms with van der Waals surface area (Å²) in [5.41, 5.74) is 1.99. The van der Waals surface area contributed by atoms with E-state index in [9.17, 15) is 0 Å². The van der Waals surface area contributed by atoms with E-state index >= 15 is 0 Å². The van der Waals surface area contributed by atoms with E-state index in [-0.39, 0.29) is 0 Å². The molecular weight excluding hydrogens is 320 g/mol. The molecule has 4 heteroatoms.